The van der Waals surface area contributed by atoms with Gasteiger partial charge in [-0.05, 0) is 57.0 Å². The van der Waals surface area contributed by atoms with Crippen LogP contribution < -0.4 is 0 Å². The van der Waals surface area contributed by atoms with Gasteiger partial charge in [-0.2, -0.15) is 0 Å². The molecule has 122 valence electrons. The first-order valence-electron chi connectivity index (χ1n) is 7.89. The number of amides is 1. The number of aromatic nitrogens is 1. The van der Waals surface area contributed by atoms with E-state index in [1.54, 1.807) is 17.0 Å². The highest BCUT2D eigenvalue weighted by atomic mass is 19.1. The van der Waals surface area contributed by atoms with Crippen LogP contribution in [0.1, 0.15) is 34.6 Å². The van der Waals surface area contributed by atoms with Gasteiger partial charge in [-0.15, -0.1) is 0 Å². The highest BCUT2D eigenvalue weighted by Crippen LogP contribution is 2.30. The fourth-order valence-electron chi connectivity index (χ4n) is 3.07. The first kappa shape index (κ1) is 15.7. The normalized spacial score (nSPS) is 14.1. The molecule has 4 nitrogen and oxygen atoms in total. The third-order valence-electron chi connectivity index (χ3n) is 4.34. The van der Waals surface area contributed by atoms with Crippen LogP contribution in [0.25, 0.3) is 5.69 Å². The quantitative estimate of drug-likeness (QED) is 0.922. The van der Waals surface area contributed by atoms with Gasteiger partial charge in [-0.25, -0.2) is 4.39 Å². The fraction of sp³-hybridized carbons (Fsp3) is 0.389. The lowest BCUT2D eigenvalue weighted by Crippen LogP contribution is -2.35. The van der Waals surface area contributed by atoms with Gasteiger partial charge in [-0.3, -0.25) is 4.79 Å². The lowest BCUT2D eigenvalue weighted by molar-refractivity contribution is 0.0707. The van der Waals surface area contributed by atoms with Gasteiger partial charge in [0.25, 0.3) is 5.91 Å². The predicted molar refractivity (Wildman–Crippen MR) is 86.3 cm³/mol. The van der Waals surface area contributed by atoms with E-state index in [4.69, 9.17) is 0 Å². The average Bonchev–Trinajstić information content (AvgIpc) is 3.32. The van der Waals surface area contributed by atoms with Gasteiger partial charge in [0.05, 0.1) is 12.2 Å². The number of carbonyl (C=O) groups excluding carboxylic acids is 1. The number of aryl methyl sites for hydroxylation is 1. The number of aliphatic hydroxyl groups is 1. The van der Waals surface area contributed by atoms with Gasteiger partial charge in [0.2, 0.25) is 0 Å². The molecular formula is C18H21FN2O2. The molecule has 1 aliphatic rings. The van der Waals surface area contributed by atoms with Crippen LogP contribution in [0, 0.1) is 19.7 Å². The number of nitrogens with zero attached hydrogens (tertiary/aromatic N) is 2. The number of carbonyl (C=O) groups is 1. The van der Waals surface area contributed by atoms with Crippen molar-refractivity contribution in [3.05, 3.63) is 53.1 Å². The monoisotopic (exact) mass is 316 g/mol. The lowest BCUT2D eigenvalue weighted by Gasteiger charge is -2.21. The largest absolute Gasteiger partial charge is 0.395 e. The van der Waals surface area contributed by atoms with E-state index in [2.05, 4.69) is 0 Å². The molecule has 2 aromatic rings. The van der Waals surface area contributed by atoms with E-state index in [9.17, 15) is 14.3 Å². The van der Waals surface area contributed by atoms with Crippen molar-refractivity contribution in [3.8, 4) is 5.69 Å². The predicted octanol–water partition coefficient (Wildman–Crippen LogP) is 2.83. The fourth-order valence-corrected chi connectivity index (χ4v) is 3.07. The van der Waals surface area contributed by atoms with Crippen LogP contribution in [0.5, 0.6) is 0 Å². The molecule has 0 unspecified atom stereocenters. The summed E-state index contributed by atoms with van der Waals surface area (Å²) in [6, 6.07) is 8.36. The summed E-state index contributed by atoms with van der Waals surface area (Å²) in [5, 5.41) is 9.21. The molecule has 1 saturated carbocycles. The molecule has 0 atom stereocenters. The molecule has 23 heavy (non-hydrogen) atoms. The zero-order valence-corrected chi connectivity index (χ0v) is 13.4. The van der Waals surface area contributed by atoms with Crippen molar-refractivity contribution < 1.29 is 14.3 Å². The van der Waals surface area contributed by atoms with Crippen molar-refractivity contribution >= 4 is 5.91 Å². The summed E-state index contributed by atoms with van der Waals surface area (Å²) < 4.78 is 15.1. The average molecular weight is 316 g/mol. The Kier molecular flexibility index (Phi) is 4.22. The molecule has 0 radical (unpaired) electrons. The maximum absolute atomic E-state index is 13.1. The van der Waals surface area contributed by atoms with Gasteiger partial charge in [0.1, 0.15) is 5.82 Å². The zero-order valence-electron chi connectivity index (χ0n) is 13.4. The Morgan fingerprint density at radius 3 is 2.52 bits per heavy atom. The van der Waals surface area contributed by atoms with E-state index >= 15 is 0 Å². The Labute approximate surface area is 135 Å². The SMILES string of the molecule is Cc1cc(C(=O)N(CCO)C2CC2)c(C)n1-c1ccc(F)cc1. The number of hydrogen-bond acceptors (Lipinski definition) is 2. The van der Waals surface area contributed by atoms with Crippen molar-refractivity contribution in [2.45, 2.75) is 32.7 Å². The summed E-state index contributed by atoms with van der Waals surface area (Å²) in [6.07, 6.45) is 2.00. The minimum Gasteiger partial charge on any atom is -0.395 e. The standard InChI is InChI=1S/C18H21FN2O2/c1-12-11-17(18(23)20(9-10-22)15-7-8-15)13(2)21(12)16-5-3-14(19)4-6-16/h3-6,11,15,22H,7-10H2,1-2H3. The molecule has 0 spiro atoms. The van der Waals surface area contributed by atoms with E-state index in [1.807, 2.05) is 24.5 Å². The number of rotatable bonds is 5. The van der Waals surface area contributed by atoms with Gasteiger partial charge < -0.3 is 14.6 Å². The van der Waals surface area contributed by atoms with Gasteiger partial charge >= 0.3 is 0 Å². The van der Waals surface area contributed by atoms with Crippen LogP contribution in [0.3, 0.4) is 0 Å². The van der Waals surface area contributed by atoms with E-state index in [0.717, 1.165) is 29.9 Å². The minimum absolute atomic E-state index is 0.0288. The van der Waals surface area contributed by atoms with Crippen molar-refractivity contribution in [1.29, 1.82) is 0 Å². The molecule has 1 fully saturated rings. The molecule has 3 rings (SSSR count). The number of hydrogen-bond donors (Lipinski definition) is 1. The third kappa shape index (κ3) is 3.01. The molecule has 1 aromatic carbocycles. The van der Waals surface area contributed by atoms with Crippen LogP contribution in [0.2, 0.25) is 0 Å². The second-order valence-electron chi connectivity index (χ2n) is 6.05. The Hall–Kier alpha value is -2.14. The second-order valence-corrected chi connectivity index (χ2v) is 6.05. The summed E-state index contributed by atoms with van der Waals surface area (Å²) in [5.74, 6) is -0.321. The van der Waals surface area contributed by atoms with E-state index < -0.39 is 0 Å². The number of halogens is 1. The summed E-state index contributed by atoms with van der Waals surface area (Å²) >= 11 is 0. The summed E-state index contributed by atoms with van der Waals surface area (Å²) in [5.41, 5.74) is 3.24. The Morgan fingerprint density at radius 1 is 1.30 bits per heavy atom. The van der Waals surface area contributed by atoms with Crippen molar-refractivity contribution in [2.75, 3.05) is 13.2 Å². The molecule has 1 heterocycles. The van der Waals surface area contributed by atoms with Gasteiger partial charge in [0.15, 0.2) is 0 Å². The van der Waals surface area contributed by atoms with Crippen molar-refractivity contribution in [3.63, 3.8) is 0 Å². The molecule has 1 amide bonds. The molecule has 5 heteroatoms. The Balaban J connectivity index is 1.96. The molecular weight excluding hydrogens is 295 g/mol. The molecule has 1 aliphatic carbocycles. The van der Waals surface area contributed by atoms with Crippen LogP contribution >= 0.6 is 0 Å². The van der Waals surface area contributed by atoms with Crippen LogP contribution in [-0.2, 0) is 0 Å². The topological polar surface area (TPSA) is 45.5 Å². The van der Waals surface area contributed by atoms with E-state index in [-0.39, 0.29) is 24.4 Å². The summed E-state index contributed by atoms with van der Waals surface area (Å²) in [4.78, 5) is 14.6. The van der Waals surface area contributed by atoms with Crippen molar-refractivity contribution in [2.24, 2.45) is 0 Å². The maximum atomic E-state index is 13.1. The van der Waals surface area contributed by atoms with Crippen LogP contribution in [0.4, 0.5) is 4.39 Å². The summed E-state index contributed by atoms with van der Waals surface area (Å²) in [7, 11) is 0. The number of aliphatic hydroxyl groups excluding tert-OH is 1. The van der Waals surface area contributed by atoms with Gasteiger partial charge in [0, 0.05) is 29.7 Å². The third-order valence-corrected chi connectivity index (χ3v) is 4.34. The molecule has 1 N–H and O–H groups in total. The molecule has 0 bridgehead atoms. The lowest BCUT2D eigenvalue weighted by atomic mass is 10.2. The van der Waals surface area contributed by atoms with Gasteiger partial charge in [-0.1, -0.05) is 0 Å². The van der Waals surface area contributed by atoms with Crippen LogP contribution in [0.15, 0.2) is 30.3 Å². The Bertz CT molecular complexity index is 717. The molecule has 0 aliphatic heterocycles. The smallest absolute Gasteiger partial charge is 0.256 e. The molecule has 0 saturated heterocycles. The van der Waals surface area contributed by atoms with Crippen molar-refractivity contribution in [1.82, 2.24) is 9.47 Å². The zero-order chi connectivity index (χ0) is 16.6. The van der Waals surface area contributed by atoms with E-state index in [0.29, 0.717) is 12.1 Å². The molecule has 1 aromatic heterocycles. The second kappa shape index (κ2) is 6.16. The minimum atomic E-state index is -0.282. The van der Waals surface area contributed by atoms with Crippen LogP contribution in [-0.4, -0.2) is 39.7 Å². The maximum Gasteiger partial charge on any atom is 0.256 e. The highest BCUT2D eigenvalue weighted by Gasteiger charge is 2.34. The highest BCUT2D eigenvalue weighted by molar-refractivity contribution is 5.96. The van der Waals surface area contributed by atoms with E-state index in [1.165, 1.54) is 12.1 Å². The summed E-state index contributed by atoms with van der Waals surface area (Å²) in [6.45, 7) is 4.16. The first-order chi connectivity index (χ1) is 11.0. The first-order valence-corrected chi connectivity index (χ1v) is 7.89. The Morgan fingerprint density at radius 2 is 1.96 bits per heavy atom. The number of benzene rings is 1.